The highest BCUT2D eigenvalue weighted by molar-refractivity contribution is 5.74. The number of nitrogens with zero attached hydrogens (tertiary/aromatic N) is 5. The van der Waals surface area contributed by atoms with E-state index >= 15 is 0 Å². The maximum Gasteiger partial charge on any atom is 0.215 e. The van der Waals surface area contributed by atoms with Crippen molar-refractivity contribution in [2.75, 3.05) is 13.2 Å². The lowest BCUT2D eigenvalue weighted by atomic mass is 10.0. The molecule has 5 heterocycles. The van der Waals surface area contributed by atoms with E-state index in [1.54, 1.807) is 10.6 Å². The van der Waals surface area contributed by atoms with Gasteiger partial charge in [-0.25, -0.2) is 19.9 Å². The Morgan fingerprint density at radius 3 is 2.81 bits per heavy atom. The Labute approximate surface area is 181 Å². The fourth-order valence-electron chi connectivity index (χ4n) is 4.49. The van der Waals surface area contributed by atoms with Gasteiger partial charge in [0.2, 0.25) is 5.89 Å². The average Bonchev–Trinajstić information content (AvgIpc) is 3.60. The lowest BCUT2D eigenvalue weighted by Crippen LogP contribution is -2.38. The van der Waals surface area contributed by atoms with Crippen LogP contribution >= 0.6 is 0 Å². The van der Waals surface area contributed by atoms with E-state index < -0.39 is 30.6 Å². The van der Waals surface area contributed by atoms with Gasteiger partial charge in [-0.3, -0.25) is 4.57 Å². The number of imidazole rings is 1. The van der Waals surface area contributed by atoms with Crippen molar-refractivity contribution in [1.82, 2.24) is 24.5 Å². The van der Waals surface area contributed by atoms with Gasteiger partial charge in [-0.15, -0.1) is 0 Å². The van der Waals surface area contributed by atoms with E-state index in [-0.39, 0.29) is 11.8 Å². The van der Waals surface area contributed by atoms with Gasteiger partial charge in [0.05, 0.1) is 18.6 Å². The number of hydrogen-bond donors (Lipinski definition) is 3. The molecule has 11 nitrogen and oxygen atoms in total. The van der Waals surface area contributed by atoms with Gasteiger partial charge in [-0.05, 0) is 18.6 Å². The highest BCUT2D eigenvalue weighted by Gasteiger charge is 2.48. The summed E-state index contributed by atoms with van der Waals surface area (Å²) < 4.78 is 18.8. The number of benzene rings is 1. The molecule has 2 fully saturated rings. The molecule has 11 heteroatoms. The van der Waals surface area contributed by atoms with Crippen molar-refractivity contribution < 1.29 is 24.1 Å². The van der Waals surface area contributed by atoms with Gasteiger partial charge in [0.25, 0.3) is 0 Å². The summed E-state index contributed by atoms with van der Waals surface area (Å²) in [6, 6.07) is 6.39. The van der Waals surface area contributed by atoms with Crippen LogP contribution in [0.3, 0.4) is 0 Å². The molecule has 4 N–H and O–H groups in total. The molecular formula is C21H22N6O5. The highest BCUT2D eigenvalue weighted by atomic mass is 16.6. The third kappa shape index (κ3) is 3.01. The first-order valence-electron chi connectivity index (χ1n) is 10.5. The number of aliphatic hydroxyl groups is 2. The zero-order valence-corrected chi connectivity index (χ0v) is 17.0. The third-order valence-corrected chi connectivity index (χ3v) is 6.20. The largest absolute Gasteiger partial charge is 0.439 e. The first kappa shape index (κ1) is 19.7. The number of para-hydroxylation sites is 2. The number of aromatic nitrogens is 5. The van der Waals surface area contributed by atoms with Crippen molar-refractivity contribution in [1.29, 1.82) is 0 Å². The van der Waals surface area contributed by atoms with E-state index in [0.717, 1.165) is 12.1 Å². The molecule has 2 unspecified atom stereocenters. The molecule has 2 aliphatic heterocycles. The lowest BCUT2D eigenvalue weighted by Gasteiger charge is -2.19. The smallest absolute Gasteiger partial charge is 0.215 e. The highest BCUT2D eigenvalue weighted by Crippen LogP contribution is 2.37. The van der Waals surface area contributed by atoms with E-state index in [0.29, 0.717) is 35.5 Å². The maximum absolute atomic E-state index is 10.8. The molecule has 0 saturated carbocycles. The number of oxazole rings is 1. The minimum atomic E-state index is -1.26. The summed E-state index contributed by atoms with van der Waals surface area (Å²) in [6.45, 7) is 1.27. The first-order chi connectivity index (χ1) is 15.6. The van der Waals surface area contributed by atoms with Crippen LogP contribution in [0, 0.1) is 0 Å². The molecule has 0 radical (unpaired) electrons. The Morgan fingerprint density at radius 2 is 2.00 bits per heavy atom. The predicted molar refractivity (Wildman–Crippen MR) is 110 cm³/mol. The second kappa shape index (κ2) is 7.57. The molecule has 6 atom stereocenters. The van der Waals surface area contributed by atoms with Crippen molar-refractivity contribution in [2.24, 2.45) is 5.73 Å². The summed E-state index contributed by atoms with van der Waals surface area (Å²) in [7, 11) is 0. The quantitative estimate of drug-likeness (QED) is 0.416. The minimum Gasteiger partial charge on any atom is -0.439 e. The summed E-state index contributed by atoms with van der Waals surface area (Å²) in [5, 5.41) is 21.5. The van der Waals surface area contributed by atoms with Crippen molar-refractivity contribution in [3.8, 4) is 0 Å². The van der Waals surface area contributed by atoms with Gasteiger partial charge >= 0.3 is 0 Å². The van der Waals surface area contributed by atoms with Crippen LogP contribution in [0.15, 0.2) is 41.3 Å². The monoisotopic (exact) mass is 438 g/mol. The van der Waals surface area contributed by atoms with Gasteiger partial charge in [-0.2, -0.15) is 0 Å². The van der Waals surface area contributed by atoms with Crippen molar-refractivity contribution >= 4 is 22.3 Å². The van der Waals surface area contributed by atoms with Crippen molar-refractivity contribution in [2.45, 2.75) is 42.9 Å². The van der Waals surface area contributed by atoms with Gasteiger partial charge in [0, 0.05) is 12.5 Å². The normalized spacial score (nSPS) is 29.3. The molecule has 3 aromatic heterocycles. The molecule has 6 rings (SSSR count). The third-order valence-electron chi connectivity index (χ3n) is 6.20. The molecule has 0 bridgehead atoms. The molecule has 2 aliphatic rings. The second-order valence-electron chi connectivity index (χ2n) is 8.16. The number of aliphatic hydroxyl groups excluding tert-OH is 2. The van der Waals surface area contributed by atoms with E-state index in [1.807, 2.05) is 18.2 Å². The average molecular weight is 438 g/mol. The molecule has 0 amide bonds. The summed E-state index contributed by atoms with van der Waals surface area (Å²) in [5.74, 6) is 0.369. The van der Waals surface area contributed by atoms with Gasteiger partial charge < -0.3 is 29.8 Å². The number of rotatable bonds is 4. The number of ether oxygens (including phenoxy) is 2. The van der Waals surface area contributed by atoms with Gasteiger partial charge in [-0.1, -0.05) is 12.1 Å². The van der Waals surface area contributed by atoms with Crippen LogP contribution < -0.4 is 5.73 Å². The number of fused-ring (bicyclic) bond motifs is 2. The topological polar surface area (TPSA) is 155 Å². The fourth-order valence-corrected chi connectivity index (χ4v) is 4.49. The van der Waals surface area contributed by atoms with Crippen LogP contribution in [0.1, 0.15) is 36.2 Å². The van der Waals surface area contributed by atoms with Gasteiger partial charge in [0.15, 0.2) is 17.5 Å². The number of nitrogens with two attached hydrogens (primary N) is 1. The summed E-state index contributed by atoms with van der Waals surface area (Å²) >= 11 is 0. The predicted octanol–water partition coefficient (Wildman–Crippen LogP) is 0.791. The maximum atomic E-state index is 10.8. The Kier molecular flexibility index (Phi) is 4.66. The van der Waals surface area contributed by atoms with Gasteiger partial charge in [0.1, 0.15) is 41.7 Å². The Bertz CT molecular complexity index is 1240. The molecule has 166 valence electrons. The second-order valence-corrected chi connectivity index (χ2v) is 8.16. The molecular weight excluding hydrogens is 416 g/mol. The Morgan fingerprint density at radius 1 is 1.12 bits per heavy atom. The van der Waals surface area contributed by atoms with Crippen LogP contribution in [0.4, 0.5) is 0 Å². The summed E-state index contributed by atoms with van der Waals surface area (Å²) in [4.78, 5) is 17.6. The molecule has 1 aromatic carbocycles. The van der Waals surface area contributed by atoms with E-state index in [2.05, 4.69) is 19.9 Å². The molecule has 4 aromatic rings. The van der Waals surface area contributed by atoms with Crippen LogP contribution in [0.2, 0.25) is 0 Å². The summed E-state index contributed by atoms with van der Waals surface area (Å²) in [6.07, 6.45) is -0.516. The molecule has 32 heavy (non-hydrogen) atoms. The Hall–Kier alpha value is -2.96. The zero-order valence-electron chi connectivity index (χ0n) is 17.0. The standard InChI is InChI=1S/C21H22N6O5/c22-13(20-26-11-3-1-2-4-12(11)31-20)18-16(28)17(29)21(32-18)27-9-25-15-14(10-5-6-30-7-10)23-8-24-19(15)27/h1-4,8-10,13,16-18,21,28-29H,5-7,22H2/t10?,13?,16-,17+,18-,21-/m1/s1. The minimum absolute atomic E-state index is 0.143. The van der Waals surface area contributed by atoms with E-state index in [1.165, 1.54) is 12.7 Å². The molecule has 0 spiro atoms. The van der Waals surface area contributed by atoms with Crippen molar-refractivity contribution in [3.63, 3.8) is 0 Å². The fraction of sp³-hybridized carbons (Fsp3) is 0.429. The van der Waals surface area contributed by atoms with Crippen LogP contribution in [-0.4, -0.2) is 66.2 Å². The first-order valence-corrected chi connectivity index (χ1v) is 10.5. The molecule has 0 aliphatic carbocycles. The van der Waals surface area contributed by atoms with Crippen LogP contribution in [0.25, 0.3) is 22.3 Å². The summed E-state index contributed by atoms with van der Waals surface area (Å²) in [5.41, 5.74) is 9.52. The molecule has 2 saturated heterocycles. The van der Waals surface area contributed by atoms with Crippen LogP contribution in [-0.2, 0) is 9.47 Å². The SMILES string of the molecule is NC(c1nc2ccccc2o1)[C@H]1O[C@@H](n2cnc3c(C4CCOC4)ncnc32)[C@@H](O)[C@H]1O. The van der Waals surface area contributed by atoms with Crippen LogP contribution in [0.5, 0.6) is 0 Å². The lowest BCUT2D eigenvalue weighted by molar-refractivity contribution is -0.0448. The number of hydrogen-bond acceptors (Lipinski definition) is 10. The van der Waals surface area contributed by atoms with E-state index in [9.17, 15) is 10.2 Å². The van der Waals surface area contributed by atoms with E-state index in [4.69, 9.17) is 19.6 Å². The zero-order chi connectivity index (χ0) is 21.8. The Balaban J connectivity index is 1.31. The van der Waals surface area contributed by atoms with Crippen molar-refractivity contribution in [3.05, 3.63) is 48.5 Å².